The molecule has 1 aliphatic rings. The highest BCUT2D eigenvalue weighted by atomic mass is 16.5. The second-order valence-corrected chi connectivity index (χ2v) is 3.70. The topological polar surface area (TPSA) is 18.5 Å². The average Bonchev–Trinajstić information content (AvgIpc) is 2.38. The molecular weight excluding hydrogens is 200 g/mol. The maximum absolute atomic E-state index is 5.72. The molecule has 2 rings (SSSR count). The molecule has 1 aliphatic heterocycles. The summed E-state index contributed by atoms with van der Waals surface area (Å²) in [6, 6.07) is 8.09. The van der Waals surface area contributed by atoms with Crippen LogP contribution in [0.2, 0.25) is 0 Å². The Hall–Kier alpha value is -1.70. The maximum atomic E-state index is 5.72. The van der Waals surface area contributed by atoms with Crippen molar-refractivity contribution in [2.75, 3.05) is 6.61 Å². The summed E-state index contributed by atoms with van der Waals surface area (Å²) in [4.78, 5) is 0. The number of rotatable bonds is 4. The monoisotopic (exact) mass is 216 g/mol. The van der Waals surface area contributed by atoms with E-state index in [4.69, 9.17) is 9.47 Å². The van der Waals surface area contributed by atoms with Crippen LogP contribution in [0.1, 0.15) is 25.3 Å². The van der Waals surface area contributed by atoms with Gasteiger partial charge in [0, 0.05) is 11.1 Å². The minimum atomic E-state index is 0.751. The van der Waals surface area contributed by atoms with Gasteiger partial charge in [0.1, 0.15) is 5.75 Å². The van der Waals surface area contributed by atoms with Crippen molar-refractivity contribution in [1.82, 2.24) is 0 Å². The van der Waals surface area contributed by atoms with Gasteiger partial charge < -0.3 is 9.47 Å². The second kappa shape index (κ2) is 5.40. The van der Waals surface area contributed by atoms with Crippen molar-refractivity contribution in [2.45, 2.75) is 19.8 Å². The fraction of sp³-hybridized carbons (Fsp3) is 0.286. The molecule has 1 aromatic rings. The van der Waals surface area contributed by atoms with Gasteiger partial charge in [-0.2, -0.15) is 0 Å². The molecule has 0 amide bonds. The molecule has 0 aromatic heterocycles. The largest absolute Gasteiger partial charge is 0.493 e. The normalized spacial score (nSPS) is 14.2. The fourth-order valence-electron chi connectivity index (χ4n) is 1.64. The number of benzene rings is 1. The highest BCUT2D eigenvalue weighted by molar-refractivity contribution is 5.71. The molecule has 2 nitrogen and oxygen atoms in total. The molecule has 0 spiro atoms. The van der Waals surface area contributed by atoms with Crippen molar-refractivity contribution in [1.29, 1.82) is 0 Å². The van der Waals surface area contributed by atoms with Crippen molar-refractivity contribution >= 4 is 5.57 Å². The lowest BCUT2D eigenvalue weighted by Crippen LogP contribution is -1.99. The Labute approximate surface area is 96.2 Å². The Morgan fingerprint density at radius 2 is 2.19 bits per heavy atom. The summed E-state index contributed by atoms with van der Waals surface area (Å²) >= 11 is 0. The van der Waals surface area contributed by atoms with Gasteiger partial charge in [0.25, 0.3) is 0 Å². The summed E-state index contributed by atoms with van der Waals surface area (Å²) in [7, 11) is 0. The Balaban J connectivity index is 2.21. The SMILES string of the molecule is CCCOc1ccccc1C1=COC=CC1. The van der Waals surface area contributed by atoms with Crippen molar-refractivity contribution in [3.05, 3.63) is 48.4 Å². The lowest BCUT2D eigenvalue weighted by Gasteiger charge is -2.14. The van der Waals surface area contributed by atoms with Crippen LogP contribution >= 0.6 is 0 Å². The summed E-state index contributed by atoms with van der Waals surface area (Å²) in [5.74, 6) is 0.939. The first-order valence-corrected chi connectivity index (χ1v) is 5.63. The van der Waals surface area contributed by atoms with Gasteiger partial charge in [-0.15, -0.1) is 0 Å². The molecule has 1 heterocycles. The minimum absolute atomic E-state index is 0.751. The first-order valence-electron chi connectivity index (χ1n) is 5.63. The van der Waals surface area contributed by atoms with Gasteiger partial charge in [0.2, 0.25) is 0 Å². The van der Waals surface area contributed by atoms with E-state index in [2.05, 4.69) is 13.0 Å². The molecule has 0 saturated carbocycles. The van der Waals surface area contributed by atoms with E-state index >= 15 is 0 Å². The predicted octanol–water partition coefficient (Wildman–Crippen LogP) is 3.75. The third-order valence-electron chi connectivity index (χ3n) is 2.42. The standard InChI is InChI=1S/C14H16O2/c1-2-9-16-14-8-4-3-7-13(14)12-6-5-10-15-11-12/h3-5,7-8,10-11H,2,6,9H2,1H3. The quantitative estimate of drug-likeness (QED) is 0.763. The van der Waals surface area contributed by atoms with Crippen LogP contribution in [0.4, 0.5) is 0 Å². The summed E-state index contributed by atoms with van der Waals surface area (Å²) < 4.78 is 10.9. The smallest absolute Gasteiger partial charge is 0.126 e. The molecule has 0 atom stereocenters. The van der Waals surface area contributed by atoms with Crippen LogP contribution in [0.3, 0.4) is 0 Å². The number of hydrogen-bond acceptors (Lipinski definition) is 2. The third-order valence-corrected chi connectivity index (χ3v) is 2.42. The predicted molar refractivity (Wildman–Crippen MR) is 65.0 cm³/mol. The highest BCUT2D eigenvalue weighted by Crippen LogP contribution is 2.30. The van der Waals surface area contributed by atoms with Crippen LogP contribution in [0, 0.1) is 0 Å². The van der Waals surface area contributed by atoms with Crippen LogP contribution in [-0.4, -0.2) is 6.61 Å². The molecule has 0 bridgehead atoms. The fourth-order valence-corrected chi connectivity index (χ4v) is 1.64. The number of ether oxygens (including phenoxy) is 2. The summed E-state index contributed by atoms with van der Waals surface area (Å²) in [5.41, 5.74) is 2.29. The Morgan fingerprint density at radius 3 is 2.94 bits per heavy atom. The van der Waals surface area contributed by atoms with Gasteiger partial charge in [-0.25, -0.2) is 0 Å². The van der Waals surface area contributed by atoms with Gasteiger partial charge >= 0.3 is 0 Å². The van der Waals surface area contributed by atoms with Crippen LogP contribution in [-0.2, 0) is 4.74 Å². The Bertz CT molecular complexity index is 405. The van der Waals surface area contributed by atoms with Crippen LogP contribution in [0.25, 0.3) is 5.57 Å². The van der Waals surface area contributed by atoms with Gasteiger partial charge in [0.05, 0.1) is 19.1 Å². The van der Waals surface area contributed by atoms with Gasteiger partial charge in [-0.3, -0.25) is 0 Å². The van der Waals surface area contributed by atoms with Crippen LogP contribution in [0.15, 0.2) is 42.9 Å². The lowest BCUT2D eigenvalue weighted by molar-refractivity contribution is 0.316. The average molecular weight is 216 g/mol. The molecule has 0 fully saturated rings. The van der Waals surface area contributed by atoms with Gasteiger partial charge in [-0.1, -0.05) is 25.1 Å². The Morgan fingerprint density at radius 1 is 1.31 bits per heavy atom. The third kappa shape index (κ3) is 2.45. The van der Waals surface area contributed by atoms with E-state index in [0.29, 0.717) is 0 Å². The van der Waals surface area contributed by atoms with E-state index in [1.165, 1.54) is 0 Å². The van der Waals surface area contributed by atoms with Crippen molar-refractivity contribution in [3.63, 3.8) is 0 Å². The molecule has 0 aliphatic carbocycles. The second-order valence-electron chi connectivity index (χ2n) is 3.70. The van der Waals surface area contributed by atoms with E-state index in [1.54, 1.807) is 12.5 Å². The zero-order valence-corrected chi connectivity index (χ0v) is 9.48. The molecule has 0 radical (unpaired) electrons. The summed E-state index contributed by atoms with van der Waals surface area (Å²) in [5, 5.41) is 0. The molecule has 16 heavy (non-hydrogen) atoms. The van der Waals surface area contributed by atoms with E-state index < -0.39 is 0 Å². The molecule has 2 heteroatoms. The van der Waals surface area contributed by atoms with E-state index in [1.807, 2.05) is 24.3 Å². The molecule has 1 aromatic carbocycles. The minimum Gasteiger partial charge on any atom is -0.493 e. The lowest BCUT2D eigenvalue weighted by atomic mass is 10.0. The zero-order chi connectivity index (χ0) is 11.2. The number of allylic oxidation sites excluding steroid dienone is 2. The molecule has 0 saturated heterocycles. The molecular formula is C14H16O2. The number of para-hydroxylation sites is 1. The Kier molecular flexibility index (Phi) is 3.65. The zero-order valence-electron chi connectivity index (χ0n) is 9.48. The molecule has 0 N–H and O–H groups in total. The van der Waals surface area contributed by atoms with Gasteiger partial charge in [0.15, 0.2) is 0 Å². The van der Waals surface area contributed by atoms with Crippen molar-refractivity contribution in [3.8, 4) is 5.75 Å². The van der Waals surface area contributed by atoms with E-state index in [9.17, 15) is 0 Å². The summed E-state index contributed by atoms with van der Waals surface area (Å²) in [6.45, 7) is 2.86. The van der Waals surface area contributed by atoms with Crippen molar-refractivity contribution in [2.24, 2.45) is 0 Å². The van der Waals surface area contributed by atoms with Crippen LogP contribution in [0.5, 0.6) is 5.75 Å². The number of hydrogen-bond donors (Lipinski definition) is 0. The van der Waals surface area contributed by atoms with Crippen molar-refractivity contribution < 1.29 is 9.47 Å². The van der Waals surface area contributed by atoms with E-state index in [0.717, 1.165) is 36.3 Å². The first-order chi connectivity index (χ1) is 7.92. The van der Waals surface area contributed by atoms with Crippen LogP contribution < -0.4 is 4.74 Å². The van der Waals surface area contributed by atoms with E-state index in [-0.39, 0.29) is 0 Å². The van der Waals surface area contributed by atoms with Gasteiger partial charge in [-0.05, 0) is 25.0 Å². The molecule has 84 valence electrons. The molecule has 0 unspecified atom stereocenters. The first kappa shape index (κ1) is 10.8. The summed E-state index contributed by atoms with van der Waals surface area (Å²) in [6.07, 6.45) is 7.41. The maximum Gasteiger partial charge on any atom is 0.126 e. The highest BCUT2D eigenvalue weighted by Gasteiger charge is 2.09.